The van der Waals surface area contributed by atoms with Gasteiger partial charge in [0.15, 0.2) is 0 Å². The van der Waals surface area contributed by atoms with E-state index in [1.807, 2.05) is 25.1 Å². The third-order valence-electron chi connectivity index (χ3n) is 3.88. The molecular formula is C20H23N5O4. The molecule has 152 valence electrons. The Labute approximate surface area is 168 Å². The zero-order valence-corrected chi connectivity index (χ0v) is 16.3. The van der Waals surface area contributed by atoms with E-state index in [9.17, 15) is 0 Å². The maximum atomic E-state index is 7.09. The average molecular weight is 397 g/mol. The summed E-state index contributed by atoms with van der Waals surface area (Å²) in [4.78, 5) is 11.9. The fourth-order valence-corrected chi connectivity index (χ4v) is 2.54. The zero-order valence-electron chi connectivity index (χ0n) is 16.3. The minimum Gasteiger partial charge on any atom is -0.491 e. The predicted molar refractivity (Wildman–Crippen MR) is 108 cm³/mol. The van der Waals surface area contributed by atoms with Gasteiger partial charge in [0, 0.05) is 31.1 Å². The Morgan fingerprint density at radius 3 is 2.86 bits per heavy atom. The smallest absolute Gasteiger partial charge is 0.252 e. The number of imidazole rings is 1. The van der Waals surface area contributed by atoms with Gasteiger partial charge in [-0.25, -0.2) is 4.98 Å². The number of rotatable bonds is 11. The van der Waals surface area contributed by atoms with Crippen molar-refractivity contribution in [3.63, 3.8) is 0 Å². The number of hydrogen-bond donors (Lipinski definition) is 2. The molecule has 0 aliphatic carbocycles. The second-order valence-electron chi connectivity index (χ2n) is 5.94. The van der Waals surface area contributed by atoms with E-state index in [0.29, 0.717) is 43.1 Å². The Hall–Kier alpha value is -3.30. The second-order valence-corrected chi connectivity index (χ2v) is 5.94. The van der Waals surface area contributed by atoms with E-state index in [-0.39, 0.29) is 6.61 Å². The van der Waals surface area contributed by atoms with Gasteiger partial charge in [0.25, 0.3) is 5.89 Å². The minimum absolute atomic E-state index is 0.268. The van der Waals surface area contributed by atoms with Crippen molar-refractivity contribution in [1.82, 2.24) is 20.1 Å². The van der Waals surface area contributed by atoms with E-state index in [0.717, 1.165) is 16.8 Å². The molecule has 0 saturated carbocycles. The predicted octanol–water partition coefficient (Wildman–Crippen LogP) is 3.35. The SMILES string of the molecule is CCOCc1nc(-c2cc(OCCOC)cc(-c3cnc(/C=C\C=N)[nH]3)c2)no1. The lowest BCUT2D eigenvalue weighted by Gasteiger charge is -2.09. The van der Waals surface area contributed by atoms with Crippen LogP contribution >= 0.6 is 0 Å². The number of nitrogens with one attached hydrogen (secondary N) is 2. The van der Waals surface area contributed by atoms with Crippen LogP contribution in [0.25, 0.3) is 28.7 Å². The van der Waals surface area contributed by atoms with Crippen LogP contribution in [0.15, 0.2) is 35.0 Å². The standard InChI is InChI=1S/C20H23N5O4/c1-3-27-13-19-24-20(25-29-19)15-9-14(10-16(11-15)28-8-7-26-2)17-12-22-18(23-17)5-4-6-21/h4-6,9-12,21H,3,7-8,13H2,1-2H3,(H,22,23)/b5-4-,21-6?. The van der Waals surface area contributed by atoms with Crippen molar-refractivity contribution in [3.05, 3.63) is 42.2 Å². The Morgan fingerprint density at radius 1 is 1.21 bits per heavy atom. The van der Waals surface area contributed by atoms with E-state index in [2.05, 4.69) is 20.1 Å². The van der Waals surface area contributed by atoms with Crippen molar-refractivity contribution in [2.75, 3.05) is 26.9 Å². The summed E-state index contributed by atoms with van der Waals surface area (Å²) in [7, 11) is 1.62. The number of hydrogen-bond acceptors (Lipinski definition) is 8. The van der Waals surface area contributed by atoms with Crippen LogP contribution in [0.1, 0.15) is 18.6 Å². The number of methoxy groups -OCH3 is 1. The first-order chi connectivity index (χ1) is 14.2. The van der Waals surface area contributed by atoms with Crippen molar-refractivity contribution in [2.24, 2.45) is 0 Å². The molecule has 2 N–H and O–H groups in total. The summed E-state index contributed by atoms with van der Waals surface area (Å²) in [5.41, 5.74) is 2.40. The monoisotopic (exact) mass is 397 g/mol. The highest BCUT2D eigenvalue weighted by molar-refractivity contribution is 5.75. The van der Waals surface area contributed by atoms with Gasteiger partial charge < -0.3 is 29.1 Å². The van der Waals surface area contributed by atoms with Gasteiger partial charge in [0.2, 0.25) is 5.82 Å². The average Bonchev–Trinajstić information content (AvgIpc) is 3.40. The molecule has 0 radical (unpaired) electrons. The summed E-state index contributed by atoms with van der Waals surface area (Å²) in [5.74, 6) is 2.16. The van der Waals surface area contributed by atoms with Gasteiger partial charge in [-0.15, -0.1) is 0 Å². The van der Waals surface area contributed by atoms with Crippen molar-refractivity contribution in [3.8, 4) is 28.4 Å². The van der Waals surface area contributed by atoms with Crippen LogP contribution in [0.3, 0.4) is 0 Å². The number of aromatic nitrogens is 4. The molecule has 29 heavy (non-hydrogen) atoms. The molecule has 1 aromatic carbocycles. The first-order valence-electron chi connectivity index (χ1n) is 9.13. The summed E-state index contributed by atoms with van der Waals surface area (Å²) in [6.07, 6.45) is 6.23. The first kappa shape index (κ1) is 20.4. The van der Waals surface area contributed by atoms with E-state index < -0.39 is 0 Å². The fraction of sp³-hybridized carbons (Fsp3) is 0.300. The quantitative estimate of drug-likeness (QED) is 0.376. The molecule has 0 unspecified atom stereocenters. The summed E-state index contributed by atoms with van der Waals surface area (Å²) in [6, 6.07) is 5.68. The van der Waals surface area contributed by atoms with Crippen LogP contribution in [0, 0.1) is 5.41 Å². The Balaban J connectivity index is 1.92. The molecule has 0 spiro atoms. The molecule has 3 rings (SSSR count). The molecule has 0 bridgehead atoms. The normalized spacial score (nSPS) is 11.2. The van der Waals surface area contributed by atoms with Crippen LogP contribution in [-0.4, -0.2) is 53.3 Å². The third-order valence-corrected chi connectivity index (χ3v) is 3.88. The van der Waals surface area contributed by atoms with Crippen LogP contribution in [0.4, 0.5) is 0 Å². The molecule has 0 fully saturated rings. The lowest BCUT2D eigenvalue weighted by atomic mass is 10.1. The summed E-state index contributed by atoms with van der Waals surface area (Å²) in [6.45, 7) is 3.63. The molecule has 0 saturated heterocycles. The largest absolute Gasteiger partial charge is 0.491 e. The Kier molecular flexibility index (Phi) is 7.26. The minimum atomic E-state index is 0.268. The van der Waals surface area contributed by atoms with Crippen molar-refractivity contribution < 1.29 is 18.7 Å². The fourth-order valence-electron chi connectivity index (χ4n) is 2.54. The molecule has 9 heteroatoms. The molecule has 3 aromatic rings. The van der Waals surface area contributed by atoms with Gasteiger partial charge >= 0.3 is 0 Å². The number of allylic oxidation sites excluding steroid dienone is 1. The maximum Gasteiger partial charge on any atom is 0.252 e. The maximum absolute atomic E-state index is 7.09. The highest BCUT2D eigenvalue weighted by atomic mass is 16.5. The number of nitrogens with zero attached hydrogens (tertiary/aromatic N) is 3. The topological polar surface area (TPSA) is 119 Å². The van der Waals surface area contributed by atoms with E-state index in [4.69, 9.17) is 24.1 Å². The van der Waals surface area contributed by atoms with Crippen molar-refractivity contribution in [2.45, 2.75) is 13.5 Å². The van der Waals surface area contributed by atoms with Crippen LogP contribution in [0.2, 0.25) is 0 Å². The van der Waals surface area contributed by atoms with Crippen molar-refractivity contribution in [1.29, 1.82) is 5.41 Å². The van der Waals surface area contributed by atoms with Gasteiger partial charge in [0.1, 0.15) is 24.8 Å². The molecule has 0 aliphatic rings. The highest BCUT2D eigenvalue weighted by Crippen LogP contribution is 2.30. The third kappa shape index (κ3) is 5.59. The molecule has 9 nitrogen and oxygen atoms in total. The van der Waals surface area contributed by atoms with Crippen molar-refractivity contribution >= 4 is 12.3 Å². The Bertz CT molecular complexity index is 963. The lowest BCUT2D eigenvalue weighted by Crippen LogP contribution is -2.04. The number of H-pyrrole nitrogens is 1. The molecule has 2 aromatic heterocycles. The molecular weight excluding hydrogens is 374 g/mol. The summed E-state index contributed by atoms with van der Waals surface area (Å²) >= 11 is 0. The van der Waals surface area contributed by atoms with E-state index in [1.165, 1.54) is 6.21 Å². The Morgan fingerprint density at radius 2 is 2.07 bits per heavy atom. The molecule has 0 atom stereocenters. The number of ether oxygens (including phenoxy) is 3. The first-order valence-corrected chi connectivity index (χ1v) is 9.13. The zero-order chi connectivity index (χ0) is 20.5. The van der Waals surface area contributed by atoms with Crippen LogP contribution < -0.4 is 4.74 Å². The van der Waals surface area contributed by atoms with Gasteiger partial charge in [0.05, 0.1) is 18.5 Å². The molecule has 0 aliphatic heterocycles. The van der Waals surface area contributed by atoms with Gasteiger partial charge in [-0.3, -0.25) is 0 Å². The van der Waals surface area contributed by atoms with Crippen LogP contribution in [-0.2, 0) is 16.1 Å². The molecule has 0 amide bonds. The number of aromatic amines is 1. The van der Waals surface area contributed by atoms with Gasteiger partial charge in [-0.2, -0.15) is 4.98 Å². The van der Waals surface area contributed by atoms with E-state index in [1.54, 1.807) is 25.5 Å². The second kappa shape index (κ2) is 10.3. The lowest BCUT2D eigenvalue weighted by molar-refractivity contribution is 0.109. The van der Waals surface area contributed by atoms with E-state index >= 15 is 0 Å². The summed E-state index contributed by atoms with van der Waals surface area (Å²) < 4.78 is 21.4. The summed E-state index contributed by atoms with van der Waals surface area (Å²) in [5, 5.41) is 11.1. The highest BCUT2D eigenvalue weighted by Gasteiger charge is 2.13. The molecule has 2 heterocycles. The van der Waals surface area contributed by atoms with Crippen LogP contribution in [0.5, 0.6) is 5.75 Å². The van der Waals surface area contributed by atoms with Gasteiger partial charge in [-0.05, 0) is 37.3 Å². The number of benzene rings is 1. The van der Waals surface area contributed by atoms with Gasteiger partial charge in [-0.1, -0.05) is 5.16 Å².